The van der Waals surface area contributed by atoms with E-state index in [2.05, 4.69) is 16.5 Å². The summed E-state index contributed by atoms with van der Waals surface area (Å²) < 4.78 is 44.6. The molecule has 3 atom stereocenters. The lowest BCUT2D eigenvalue weighted by molar-refractivity contribution is -0.127. The number of nitrogens with one attached hydrogen (secondary N) is 1. The summed E-state index contributed by atoms with van der Waals surface area (Å²) in [6.45, 7) is 1.59. The average molecular weight is 461 g/mol. The van der Waals surface area contributed by atoms with Crippen molar-refractivity contribution in [1.29, 1.82) is 5.26 Å². The second-order valence-electron chi connectivity index (χ2n) is 8.97. The molecule has 0 spiro atoms. The second-order valence-corrected chi connectivity index (χ2v) is 8.97. The number of ether oxygens (including phenoxy) is 1. The van der Waals surface area contributed by atoms with Crippen molar-refractivity contribution in [1.82, 2.24) is 9.78 Å². The minimum Gasteiger partial charge on any atom is -0.381 e. The molecular formula is C23H26F3N5O2. The lowest BCUT2D eigenvalue weighted by Gasteiger charge is -2.36. The smallest absolute Gasteiger partial charge is 0.381 e. The third kappa shape index (κ3) is 5.66. The summed E-state index contributed by atoms with van der Waals surface area (Å²) in [4.78, 5) is 12.0. The zero-order valence-corrected chi connectivity index (χ0v) is 18.0. The highest BCUT2D eigenvalue weighted by molar-refractivity contribution is 5.98. The fourth-order valence-electron chi connectivity index (χ4n) is 4.71. The van der Waals surface area contributed by atoms with Gasteiger partial charge in [-0.15, -0.1) is 0 Å². The molecule has 2 aromatic rings. The first kappa shape index (κ1) is 23.1. The van der Waals surface area contributed by atoms with Crippen LogP contribution in [0.4, 0.5) is 24.7 Å². The first-order valence-corrected chi connectivity index (χ1v) is 11.0. The maximum atomic E-state index is 12.6. The largest absolute Gasteiger partial charge is 0.393 e. The number of nitrogens with zero attached hydrogens (tertiary/aromatic N) is 3. The molecule has 0 radical (unpaired) electrons. The molecule has 7 nitrogen and oxygen atoms in total. The minimum atomic E-state index is -4.28. The lowest BCUT2D eigenvalue weighted by atomic mass is 9.75. The molecule has 176 valence electrons. The summed E-state index contributed by atoms with van der Waals surface area (Å²) in [6, 6.07) is 7.97. The van der Waals surface area contributed by atoms with Crippen LogP contribution in [0, 0.1) is 29.1 Å². The molecule has 1 aliphatic heterocycles. The van der Waals surface area contributed by atoms with Gasteiger partial charge in [-0.1, -0.05) is 12.1 Å². The lowest BCUT2D eigenvalue weighted by Crippen LogP contribution is -2.33. The number of halogens is 3. The van der Waals surface area contributed by atoms with Gasteiger partial charge in [0.05, 0.1) is 37.7 Å². The van der Waals surface area contributed by atoms with Gasteiger partial charge < -0.3 is 15.8 Å². The highest BCUT2D eigenvalue weighted by Gasteiger charge is 2.35. The number of nitriles is 1. The molecule has 0 unspecified atom stereocenters. The van der Waals surface area contributed by atoms with Gasteiger partial charge in [-0.3, -0.25) is 9.48 Å². The monoisotopic (exact) mass is 461 g/mol. The van der Waals surface area contributed by atoms with E-state index in [-0.39, 0.29) is 28.9 Å². The first-order valence-electron chi connectivity index (χ1n) is 11.0. The Kier molecular flexibility index (Phi) is 6.61. The molecule has 2 aliphatic rings. The predicted molar refractivity (Wildman–Crippen MR) is 115 cm³/mol. The summed E-state index contributed by atoms with van der Waals surface area (Å²) in [5.41, 5.74) is 6.32. The van der Waals surface area contributed by atoms with E-state index in [1.165, 1.54) is 24.3 Å². The van der Waals surface area contributed by atoms with Crippen LogP contribution in [0.3, 0.4) is 0 Å². The number of alkyl halides is 3. The van der Waals surface area contributed by atoms with Gasteiger partial charge in [0, 0.05) is 17.8 Å². The van der Waals surface area contributed by atoms with Gasteiger partial charge in [-0.25, -0.2) is 0 Å². The number of carbonyl (C=O) groups excluding carboxylic acids is 1. The Labute approximate surface area is 189 Å². The number of amides is 1. The van der Waals surface area contributed by atoms with Gasteiger partial charge in [0.15, 0.2) is 5.82 Å². The van der Waals surface area contributed by atoms with Crippen LogP contribution >= 0.6 is 0 Å². The third-order valence-electron chi connectivity index (χ3n) is 6.42. The van der Waals surface area contributed by atoms with Crippen molar-refractivity contribution in [2.75, 3.05) is 18.5 Å². The molecule has 1 aromatic carbocycles. The van der Waals surface area contributed by atoms with E-state index in [1.807, 2.05) is 0 Å². The highest BCUT2D eigenvalue weighted by Crippen LogP contribution is 2.40. The van der Waals surface area contributed by atoms with Gasteiger partial charge in [-0.2, -0.15) is 23.5 Å². The van der Waals surface area contributed by atoms with Crippen molar-refractivity contribution in [3.63, 3.8) is 0 Å². The zero-order chi connectivity index (χ0) is 23.6. The number of primary amides is 1. The summed E-state index contributed by atoms with van der Waals surface area (Å²) in [7, 11) is 0. The molecule has 2 heterocycles. The SMILES string of the molecule is N#C[C@H]1C[C@@H](CC2COC2)CC[C@@H]1n1cc(C(N)=O)c(Nc2ccc(CC(F)(F)F)cc2)n1. The molecule has 4 rings (SSSR count). The maximum absolute atomic E-state index is 12.6. The summed E-state index contributed by atoms with van der Waals surface area (Å²) in [6.07, 6.45) is -0.177. The Balaban J connectivity index is 1.48. The van der Waals surface area contributed by atoms with Crippen LogP contribution in [0.15, 0.2) is 30.5 Å². The fraction of sp³-hybridized carbons (Fsp3) is 0.522. The van der Waals surface area contributed by atoms with Crippen molar-refractivity contribution in [2.24, 2.45) is 23.5 Å². The van der Waals surface area contributed by atoms with E-state index >= 15 is 0 Å². The highest BCUT2D eigenvalue weighted by atomic mass is 19.4. The second kappa shape index (κ2) is 9.43. The average Bonchev–Trinajstić information content (AvgIpc) is 3.15. The minimum absolute atomic E-state index is 0.135. The summed E-state index contributed by atoms with van der Waals surface area (Å²) in [5.74, 6) is 0.357. The van der Waals surface area contributed by atoms with Crippen LogP contribution < -0.4 is 11.1 Å². The quantitative estimate of drug-likeness (QED) is 0.638. The topological polar surface area (TPSA) is 106 Å². The number of anilines is 2. The number of hydrogen-bond donors (Lipinski definition) is 2. The van der Waals surface area contributed by atoms with Gasteiger partial charge in [0.25, 0.3) is 5.91 Å². The van der Waals surface area contributed by atoms with Crippen molar-refractivity contribution in [2.45, 2.75) is 44.3 Å². The summed E-state index contributed by atoms with van der Waals surface area (Å²) >= 11 is 0. The van der Waals surface area contributed by atoms with Crippen molar-refractivity contribution in [3.8, 4) is 6.07 Å². The normalized spacial score (nSPS) is 23.5. The van der Waals surface area contributed by atoms with E-state index < -0.39 is 18.5 Å². The van der Waals surface area contributed by atoms with E-state index in [0.29, 0.717) is 17.5 Å². The maximum Gasteiger partial charge on any atom is 0.393 e. The molecular weight excluding hydrogens is 435 g/mol. The molecule has 1 amide bonds. The number of carbonyl (C=O) groups is 1. The van der Waals surface area contributed by atoms with E-state index in [1.54, 1.807) is 10.9 Å². The number of rotatable bonds is 7. The first-order chi connectivity index (χ1) is 15.7. The number of aromatic nitrogens is 2. The van der Waals surface area contributed by atoms with Gasteiger partial charge in [-0.05, 0) is 49.3 Å². The zero-order valence-electron chi connectivity index (χ0n) is 18.0. The van der Waals surface area contributed by atoms with Crippen LogP contribution in [-0.4, -0.2) is 35.1 Å². The molecule has 33 heavy (non-hydrogen) atoms. The number of hydrogen-bond acceptors (Lipinski definition) is 5. The van der Waals surface area contributed by atoms with Crippen molar-refractivity contribution in [3.05, 3.63) is 41.6 Å². The van der Waals surface area contributed by atoms with E-state index in [0.717, 1.165) is 38.9 Å². The van der Waals surface area contributed by atoms with Gasteiger partial charge >= 0.3 is 6.18 Å². The molecule has 1 aromatic heterocycles. The van der Waals surface area contributed by atoms with Gasteiger partial charge in [0.1, 0.15) is 5.56 Å². The number of benzene rings is 1. The molecule has 3 N–H and O–H groups in total. The predicted octanol–water partition coefficient (Wildman–Crippen LogP) is 4.35. The Morgan fingerprint density at radius 2 is 1.97 bits per heavy atom. The van der Waals surface area contributed by atoms with Crippen LogP contribution in [0.5, 0.6) is 0 Å². The third-order valence-corrected chi connectivity index (χ3v) is 6.42. The van der Waals surface area contributed by atoms with Crippen molar-refractivity contribution >= 4 is 17.4 Å². The summed E-state index contributed by atoms with van der Waals surface area (Å²) in [5, 5.41) is 17.2. The van der Waals surface area contributed by atoms with E-state index in [4.69, 9.17) is 10.5 Å². The van der Waals surface area contributed by atoms with Gasteiger partial charge in [0.2, 0.25) is 0 Å². The van der Waals surface area contributed by atoms with Crippen molar-refractivity contribution < 1.29 is 22.7 Å². The van der Waals surface area contributed by atoms with E-state index in [9.17, 15) is 23.2 Å². The molecule has 0 bridgehead atoms. The Morgan fingerprint density at radius 3 is 2.55 bits per heavy atom. The molecule has 2 fully saturated rings. The molecule has 10 heteroatoms. The Bertz CT molecular complexity index is 1020. The number of nitrogens with two attached hydrogens (primary N) is 1. The van der Waals surface area contributed by atoms with Crippen LogP contribution in [-0.2, 0) is 11.2 Å². The van der Waals surface area contributed by atoms with Crippen LogP contribution in [0.25, 0.3) is 0 Å². The van der Waals surface area contributed by atoms with Crippen LogP contribution in [0.2, 0.25) is 0 Å². The van der Waals surface area contributed by atoms with Crippen LogP contribution in [0.1, 0.15) is 47.6 Å². The molecule has 1 saturated heterocycles. The molecule has 1 aliphatic carbocycles. The Morgan fingerprint density at radius 1 is 1.24 bits per heavy atom. The fourth-order valence-corrected chi connectivity index (χ4v) is 4.71. The standard InChI is InChI=1S/C23H26F3N5O2/c24-23(25,26)9-14-1-4-18(5-2-14)29-22-19(21(28)32)11-31(30-22)20-6-3-15(8-17(20)10-27)7-16-12-33-13-16/h1-2,4-5,11,15-17,20H,3,6-9,12-13H2,(H2,28,32)(H,29,30)/t15-,17-,20+/m1/s1. The molecule has 1 saturated carbocycles. The Hall–Kier alpha value is -3.06.